The molecule has 102 valence electrons. The Balaban J connectivity index is 1.97. The highest BCUT2D eigenvalue weighted by Gasteiger charge is 2.20. The maximum atomic E-state index is 12.0. The summed E-state index contributed by atoms with van der Waals surface area (Å²) in [6, 6.07) is 8.44. The third-order valence-electron chi connectivity index (χ3n) is 2.95. The summed E-state index contributed by atoms with van der Waals surface area (Å²) in [4.78, 5) is 0. The van der Waals surface area contributed by atoms with Crippen LogP contribution < -0.4 is 4.72 Å². The lowest BCUT2D eigenvalue weighted by Gasteiger charge is -2.22. The molecule has 1 fully saturated rings. The zero-order valence-electron chi connectivity index (χ0n) is 10.5. The minimum absolute atomic E-state index is 0.0742. The van der Waals surface area contributed by atoms with Crippen LogP contribution in [0.1, 0.15) is 24.0 Å². The van der Waals surface area contributed by atoms with E-state index in [1.165, 1.54) is 0 Å². The molecular formula is C13H16N2O3S. The van der Waals surface area contributed by atoms with Crippen molar-refractivity contribution in [2.45, 2.75) is 24.6 Å². The Morgan fingerprint density at radius 2 is 2.11 bits per heavy atom. The number of rotatable bonds is 4. The van der Waals surface area contributed by atoms with Crippen molar-refractivity contribution in [3.63, 3.8) is 0 Å². The second kappa shape index (κ2) is 6.15. The number of nitrogens with zero attached hydrogens (tertiary/aromatic N) is 1. The third kappa shape index (κ3) is 4.31. The van der Waals surface area contributed by atoms with Gasteiger partial charge in [0.2, 0.25) is 10.0 Å². The molecule has 1 aromatic rings. The van der Waals surface area contributed by atoms with Gasteiger partial charge in [0.05, 0.1) is 24.0 Å². The summed E-state index contributed by atoms with van der Waals surface area (Å²) in [6.07, 6.45) is 1.69. The van der Waals surface area contributed by atoms with Crippen LogP contribution in [0.4, 0.5) is 0 Å². The predicted molar refractivity (Wildman–Crippen MR) is 70.8 cm³/mol. The van der Waals surface area contributed by atoms with Crippen molar-refractivity contribution < 1.29 is 13.2 Å². The van der Waals surface area contributed by atoms with E-state index < -0.39 is 10.0 Å². The first-order valence-corrected chi connectivity index (χ1v) is 7.81. The van der Waals surface area contributed by atoms with Crippen LogP contribution in [-0.4, -0.2) is 27.7 Å². The van der Waals surface area contributed by atoms with Crippen molar-refractivity contribution in [3.8, 4) is 6.07 Å². The van der Waals surface area contributed by atoms with Crippen molar-refractivity contribution in [1.82, 2.24) is 4.72 Å². The molecule has 0 radical (unpaired) electrons. The second-order valence-electron chi connectivity index (χ2n) is 4.60. The van der Waals surface area contributed by atoms with E-state index in [4.69, 9.17) is 10.00 Å². The smallest absolute Gasteiger partial charge is 0.216 e. The molecule has 0 amide bonds. The molecule has 2 rings (SSSR count). The number of hydrogen-bond donors (Lipinski definition) is 1. The van der Waals surface area contributed by atoms with E-state index >= 15 is 0 Å². The molecule has 1 aliphatic heterocycles. The van der Waals surface area contributed by atoms with Gasteiger partial charge in [0.1, 0.15) is 0 Å². The number of nitrogens with one attached hydrogen (secondary N) is 1. The first kappa shape index (κ1) is 14.0. The number of ether oxygens (including phenoxy) is 1. The van der Waals surface area contributed by atoms with Crippen molar-refractivity contribution in [2.24, 2.45) is 0 Å². The summed E-state index contributed by atoms with van der Waals surface area (Å²) in [5.74, 6) is -0.0742. The summed E-state index contributed by atoms with van der Waals surface area (Å²) < 4.78 is 31.9. The molecule has 0 saturated carbocycles. The van der Waals surface area contributed by atoms with Crippen LogP contribution in [0, 0.1) is 11.3 Å². The van der Waals surface area contributed by atoms with E-state index in [9.17, 15) is 8.42 Å². The lowest BCUT2D eigenvalue weighted by atomic mass is 10.1. The van der Waals surface area contributed by atoms with Crippen LogP contribution in [0.5, 0.6) is 0 Å². The number of nitriles is 1. The van der Waals surface area contributed by atoms with Gasteiger partial charge in [0.25, 0.3) is 0 Å². The fraction of sp³-hybridized carbons (Fsp3) is 0.462. The van der Waals surface area contributed by atoms with Gasteiger partial charge in [-0.25, -0.2) is 13.1 Å². The largest absolute Gasteiger partial charge is 0.380 e. The Morgan fingerprint density at radius 1 is 1.37 bits per heavy atom. The quantitative estimate of drug-likeness (QED) is 0.897. The van der Waals surface area contributed by atoms with E-state index in [0.717, 1.165) is 12.8 Å². The topological polar surface area (TPSA) is 79.2 Å². The Hall–Kier alpha value is -1.42. The maximum absolute atomic E-state index is 12.0. The van der Waals surface area contributed by atoms with Gasteiger partial charge in [-0.2, -0.15) is 5.26 Å². The van der Waals surface area contributed by atoms with E-state index in [2.05, 4.69) is 4.72 Å². The predicted octanol–water partition coefficient (Wildman–Crippen LogP) is 1.16. The molecule has 1 aromatic carbocycles. The number of benzene rings is 1. The fourth-order valence-corrected chi connectivity index (χ4v) is 3.43. The monoisotopic (exact) mass is 280 g/mol. The van der Waals surface area contributed by atoms with E-state index in [-0.39, 0.29) is 11.8 Å². The van der Waals surface area contributed by atoms with Crippen molar-refractivity contribution in [3.05, 3.63) is 35.4 Å². The SMILES string of the molecule is N#Cc1ccc(CS(=O)(=O)NC2CCCOC2)cc1. The summed E-state index contributed by atoms with van der Waals surface area (Å²) in [7, 11) is -3.37. The lowest BCUT2D eigenvalue weighted by Crippen LogP contribution is -2.41. The van der Waals surface area contributed by atoms with Crippen LogP contribution >= 0.6 is 0 Å². The lowest BCUT2D eigenvalue weighted by molar-refractivity contribution is 0.0774. The fourth-order valence-electron chi connectivity index (χ4n) is 2.02. The molecule has 5 nitrogen and oxygen atoms in total. The van der Waals surface area contributed by atoms with Crippen LogP contribution in [-0.2, 0) is 20.5 Å². The van der Waals surface area contributed by atoms with Gasteiger partial charge in [-0.3, -0.25) is 0 Å². The summed E-state index contributed by atoms with van der Waals surface area (Å²) in [5, 5.41) is 8.68. The number of sulfonamides is 1. The molecule has 1 aliphatic rings. The second-order valence-corrected chi connectivity index (χ2v) is 6.35. The maximum Gasteiger partial charge on any atom is 0.216 e. The standard InChI is InChI=1S/C13H16N2O3S/c14-8-11-3-5-12(6-4-11)10-19(16,17)15-13-2-1-7-18-9-13/h3-6,13,15H,1-2,7,9-10H2. The third-order valence-corrected chi connectivity index (χ3v) is 4.35. The van der Waals surface area contributed by atoms with Crippen molar-refractivity contribution in [1.29, 1.82) is 5.26 Å². The van der Waals surface area contributed by atoms with Crippen LogP contribution in [0.2, 0.25) is 0 Å². The molecule has 1 saturated heterocycles. The van der Waals surface area contributed by atoms with Crippen LogP contribution in [0.15, 0.2) is 24.3 Å². The molecule has 19 heavy (non-hydrogen) atoms. The van der Waals surface area contributed by atoms with Gasteiger partial charge in [0.15, 0.2) is 0 Å². The summed E-state index contributed by atoms with van der Waals surface area (Å²) in [5.41, 5.74) is 1.19. The minimum Gasteiger partial charge on any atom is -0.380 e. The van der Waals surface area contributed by atoms with Crippen molar-refractivity contribution in [2.75, 3.05) is 13.2 Å². The highest BCUT2D eigenvalue weighted by Crippen LogP contribution is 2.11. The molecule has 1 unspecified atom stereocenters. The highest BCUT2D eigenvalue weighted by molar-refractivity contribution is 7.88. The Kier molecular flexibility index (Phi) is 4.53. The molecule has 6 heteroatoms. The Bertz CT molecular complexity index is 555. The van der Waals surface area contributed by atoms with Crippen LogP contribution in [0.3, 0.4) is 0 Å². The van der Waals surface area contributed by atoms with E-state index in [1.54, 1.807) is 24.3 Å². The molecule has 1 heterocycles. The normalized spacial score (nSPS) is 19.8. The van der Waals surface area contributed by atoms with Gasteiger partial charge in [-0.05, 0) is 30.5 Å². The highest BCUT2D eigenvalue weighted by atomic mass is 32.2. The number of hydrogen-bond acceptors (Lipinski definition) is 4. The zero-order valence-corrected chi connectivity index (χ0v) is 11.3. The van der Waals surface area contributed by atoms with Gasteiger partial charge in [-0.15, -0.1) is 0 Å². The molecule has 1 N–H and O–H groups in total. The average molecular weight is 280 g/mol. The average Bonchev–Trinajstić information content (AvgIpc) is 2.39. The zero-order chi connectivity index (χ0) is 13.7. The van der Waals surface area contributed by atoms with Gasteiger partial charge >= 0.3 is 0 Å². The van der Waals surface area contributed by atoms with Gasteiger partial charge < -0.3 is 4.74 Å². The first-order chi connectivity index (χ1) is 9.09. The molecule has 0 bridgehead atoms. The first-order valence-electron chi connectivity index (χ1n) is 6.16. The summed E-state index contributed by atoms with van der Waals surface area (Å²) in [6.45, 7) is 1.14. The minimum atomic E-state index is -3.37. The van der Waals surface area contributed by atoms with Gasteiger partial charge in [-0.1, -0.05) is 12.1 Å². The molecule has 0 spiro atoms. The van der Waals surface area contributed by atoms with E-state index in [1.807, 2.05) is 6.07 Å². The molecule has 0 aliphatic carbocycles. The Morgan fingerprint density at radius 3 is 2.68 bits per heavy atom. The summed E-state index contributed by atoms with van der Waals surface area (Å²) >= 11 is 0. The molecular weight excluding hydrogens is 264 g/mol. The molecule has 1 atom stereocenters. The van der Waals surface area contributed by atoms with Crippen LogP contribution in [0.25, 0.3) is 0 Å². The Labute approximate surface area is 113 Å². The van der Waals surface area contributed by atoms with Crippen molar-refractivity contribution >= 4 is 10.0 Å². The van der Waals surface area contributed by atoms with E-state index in [0.29, 0.717) is 24.3 Å². The molecule has 0 aromatic heterocycles. The van der Waals surface area contributed by atoms with Gasteiger partial charge in [0, 0.05) is 12.6 Å².